The van der Waals surface area contributed by atoms with E-state index in [1.807, 2.05) is 18.2 Å². The van der Waals surface area contributed by atoms with Gasteiger partial charge in [0.2, 0.25) is 0 Å². The van der Waals surface area contributed by atoms with Crippen LogP contribution in [0.4, 0.5) is 0 Å². The van der Waals surface area contributed by atoms with Crippen LogP contribution in [0.1, 0.15) is 41.7 Å². The molecule has 1 aliphatic rings. The molecule has 1 aliphatic carbocycles. The maximum absolute atomic E-state index is 6.53. The van der Waals surface area contributed by atoms with E-state index in [0.717, 1.165) is 21.9 Å². The van der Waals surface area contributed by atoms with Crippen molar-refractivity contribution in [2.45, 2.75) is 40.0 Å². The molecule has 12 rings (SSSR count). The van der Waals surface area contributed by atoms with Crippen molar-refractivity contribution < 1.29 is 4.42 Å². The van der Waals surface area contributed by atoms with Gasteiger partial charge in [-0.3, -0.25) is 0 Å². The summed E-state index contributed by atoms with van der Waals surface area (Å²) < 4.78 is 8.97. The third kappa shape index (κ3) is 6.09. The number of hydrogen-bond donors (Lipinski definition) is 0. The minimum atomic E-state index is -0.0779. The van der Waals surface area contributed by atoms with Crippen LogP contribution in [-0.2, 0) is 5.41 Å². The summed E-state index contributed by atoms with van der Waals surface area (Å²) in [4.78, 5) is 0. The van der Waals surface area contributed by atoms with E-state index in [1.165, 1.54) is 99.8 Å². The standard InChI is InChI=1S/C53H39NO.C7H8/c1-32-13-8-9-16-38(32)41-29-36(22-21-33(41)2)39-18-12-20-51-52(39)45-28-35(24-26-50(45)55-51)34-23-25-48-43(27-34)44-30-42-40-17-10-11-19-46(40)53(3,4)47(42)31-49(44)54(48)37-14-6-5-7-15-37;1-7-5-3-2-4-6-7/h5-31H,1-4H3;2-6H,1H3. The van der Waals surface area contributed by atoms with Crippen LogP contribution in [0.15, 0.2) is 199 Å². The first-order valence-corrected chi connectivity index (χ1v) is 21.7. The molecule has 11 aromatic rings. The molecule has 0 bridgehead atoms. The molecular weight excluding hydrogens is 751 g/mol. The molecule has 9 aromatic carbocycles. The van der Waals surface area contributed by atoms with E-state index in [2.05, 4.69) is 215 Å². The van der Waals surface area contributed by atoms with Gasteiger partial charge in [0.15, 0.2) is 0 Å². The maximum Gasteiger partial charge on any atom is 0.136 e. The van der Waals surface area contributed by atoms with Crippen LogP contribution in [-0.4, -0.2) is 4.57 Å². The Bertz CT molecular complexity index is 3510. The average Bonchev–Trinajstić information content (AvgIpc) is 3.91. The Kier molecular flexibility index (Phi) is 8.87. The van der Waals surface area contributed by atoms with Crippen LogP contribution < -0.4 is 0 Å². The van der Waals surface area contributed by atoms with E-state index in [9.17, 15) is 0 Å². The molecule has 0 saturated carbocycles. The number of furan rings is 1. The first kappa shape index (κ1) is 37.6. The Labute approximate surface area is 363 Å². The summed E-state index contributed by atoms with van der Waals surface area (Å²) in [5.41, 5.74) is 21.9. The molecule has 298 valence electrons. The second-order valence-corrected chi connectivity index (χ2v) is 17.5. The fourth-order valence-electron chi connectivity index (χ4n) is 9.98. The van der Waals surface area contributed by atoms with Crippen molar-refractivity contribution in [1.29, 1.82) is 0 Å². The van der Waals surface area contributed by atoms with Gasteiger partial charge >= 0.3 is 0 Å². The van der Waals surface area contributed by atoms with E-state index < -0.39 is 0 Å². The van der Waals surface area contributed by atoms with Crippen LogP contribution in [0.3, 0.4) is 0 Å². The fourth-order valence-corrected chi connectivity index (χ4v) is 9.98. The topological polar surface area (TPSA) is 18.1 Å². The third-order valence-corrected chi connectivity index (χ3v) is 13.2. The molecule has 0 unspecified atom stereocenters. The highest BCUT2D eigenvalue weighted by molar-refractivity contribution is 6.15. The van der Waals surface area contributed by atoms with Gasteiger partial charge < -0.3 is 8.98 Å². The van der Waals surface area contributed by atoms with E-state index in [4.69, 9.17) is 4.42 Å². The normalized spacial score (nSPS) is 12.7. The molecule has 0 spiro atoms. The average molecular weight is 798 g/mol. The summed E-state index contributed by atoms with van der Waals surface area (Å²) in [6.07, 6.45) is 0. The van der Waals surface area contributed by atoms with Gasteiger partial charge in [-0.1, -0.05) is 153 Å². The molecule has 0 atom stereocenters. The van der Waals surface area contributed by atoms with Gasteiger partial charge in [-0.2, -0.15) is 0 Å². The molecular formula is C60H47NO. The molecule has 0 aliphatic heterocycles. The van der Waals surface area contributed by atoms with E-state index in [1.54, 1.807) is 0 Å². The lowest BCUT2D eigenvalue weighted by atomic mass is 9.82. The van der Waals surface area contributed by atoms with Crippen molar-refractivity contribution in [3.05, 3.63) is 222 Å². The predicted octanol–water partition coefficient (Wildman–Crippen LogP) is 16.6. The van der Waals surface area contributed by atoms with Crippen molar-refractivity contribution in [2.75, 3.05) is 0 Å². The van der Waals surface area contributed by atoms with Crippen LogP contribution >= 0.6 is 0 Å². The number of fused-ring (bicyclic) bond motifs is 9. The number of hydrogen-bond acceptors (Lipinski definition) is 1. The van der Waals surface area contributed by atoms with Gasteiger partial charge in [-0.05, 0) is 148 Å². The number of aryl methyl sites for hydroxylation is 3. The summed E-state index contributed by atoms with van der Waals surface area (Å²) in [5, 5.41) is 4.80. The lowest BCUT2D eigenvalue weighted by Gasteiger charge is -2.21. The second-order valence-electron chi connectivity index (χ2n) is 17.5. The molecule has 2 aromatic heterocycles. The molecule has 0 N–H and O–H groups in total. The number of benzene rings is 9. The summed E-state index contributed by atoms with van der Waals surface area (Å²) in [6, 6.07) is 70.5. The lowest BCUT2D eigenvalue weighted by Crippen LogP contribution is -2.14. The molecule has 2 heteroatoms. The molecule has 0 radical (unpaired) electrons. The highest BCUT2D eigenvalue weighted by Crippen LogP contribution is 2.51. The predicted molar refractivity (Wildman–Crippen MR) is 263 cm³/mol. The highest BCUT2D eigenvalue weighted by Gasteiger charge is 2.36. The van der Waals surface area contributed by atoms with Crippen molar-refractivity contribution in [2.24, 2.45) is 0 Å². The van der Waals surface area contributed by atoms with Gasteiger partial charge in [0.1, 0.15) is 11.2 Å². The SMILES string of the molecule is Cc1ccccc1.Cc1ccccc1-c1cc(-c2cccc3oc4ccc(-c5ccc6c(c5)c5cc7c(cc5n6-c5ccccc5)C(C)(C)c5ccccc5-7)cc4c23)ccc1C. The zero-order chi connectivity index (χ0) is 42.1. The van der Waals surface area contributed by atoms with E-state index in [0.29, 0.717) is 0 Å². The Morgan fingerprint density at radius 1 is 0.387 bits per heavy atom. The third-order valence-electron chi connectivity index (χ3n) is 13.2. The molecule has 62 heavy (non-hydrogen) atoms. The monoisotopic (exact) mass is 797 g/mol. The smallest absolute Gasteiger partial charge is 0.136 e. The first-order valence-electron chi connectivity index (χ1n) is 21.7. The van der Waals surface area contributed by atoms with Crippen LogP contribution in [0.2, 0.25) is 0 Å². The van der Waals surface area contributed by atoms with Crippen LogP contribution in [0.5, 0.6) is 0 Å². The number of rotatable bonds is 4. The largest absolute Gasteiger partial charge is 0.456 e. The van der Waals surface area contributed by atoms with Crippen molar-refractivity contribution >= 4 is 43.7 Å². The van der Waals surface area contributed by atoms with Crippen molar-refractivity contribution in [3.63, 3.8) is 0 Å². The number of para-hydroxylation sites is 1. The van der Waals surface area contributed by atoms with Crippen molar-refractivity contribution in [3.8, 4) is 50.2 Å². The lowest BCUT2D eigenvalue weighted by molar-refractivity contribution is 0.661. The summed E-state index contributed by atoms with van der Waals surface area (Å²) in [5.74, 6) is 0. The maximum atomic E-state index is 6.53. The highest BCUT2D eigenvalue weighted by atomic mass is 16.3. The summed E-state index contributed by atoms with van der Waals surface area (Å²) >= 11 is 0. The zero-order valence-electron chi connectivity index (χ0n) is 35.8. The van der Waals surface area contributed by atoms with Gasteiger partial charge in [0, 0.05) is 32.6 Å². The van der Waals surface area contributed by atoms with E-state index >= 15 is 0 Å². The zero-order valence-corrected chi connectivity index (χ0v) is 35.8. The Balaban J connectivity index is 0.000000565. The Morgan fingerprint density at radius 3 is 1.77 bits per heavy atom. The Hall–Kier alpha value is -7.42. The van der Waals surface area contributed by atoms with Crippen LogP contribution in [0.25, 0.3) is 93.9 Å². The minimum absolute atomic E-state index is 0.0779. The summed E-state index contributed by atoms with van der Waals surface area (Å²) in [6.45, 7) is 11.2. The van der Waals surface area contributed by atoms with Gasteiger partial charge in [-0.15, -0.1) is 0 Å². The van der Waals surface area contributed by atoms with Gasteiger partial charge in [0.25, 0.3) is 0 Å². The molecule has 0 saturated heterocycles. The molecule has 2 nitrogen and oxygen atoms in total. The van der Waals surface area contributed by atoms with Crippen molar-refractivity contribution in [1.82, 2.24) is 4.57 Å². The number of nitrogens with zero attached hydrogens (tertiary/aromatic N) is 1. The molecule has 0 fully saturated rings. The van der Waals surface area contributed by atoms with Crippen LogP contribution in [0, 0.1) is 20.8 Å². The second kappa shape index (κ2) is 14.6. The quantitative estimate of drug-likeness (QED) is 0.173. The first-order chi connectivity index (χ1) is 30.2. The fraction of sp³-hybridized carbons (Fsp3) is 0.100. The molecule has 2 heterocycles. The number of aromatic nitrogens is 1. The minimum Gasteiger partial charge on any atom is -0.456 e. The summed E-state index contributed by atoms with van der Waals surface area (Å²) in [7, 11) is 0. The van der Waals surface area contributed by atoms with Gasteiger partial charge in [0.05, 0.1) is 11.0 Å². The Morgan fingerprint density at radius 2 is 1.02 bits per heavy atom. The molecule has 0 amide bonds. The van der Waals surface area contributed by atoms with E-state index in [-0.39, 0.29) is 5.41 Å². The van der Waals surface area contributed by atoms with Gasteiger partial charge in [-0.25, -0.2) is 0 Å².